The van der Waals surface area contributed by atoms with Crippen LogP contribution < -0.4 is 10.1 Å². The topological polar surface area (TPSA) is 95.0 Å². The first-order chi connectivity index (χ1) is 14.8. The molecule has 3 amide bonds. The van der Waals surface area contributed by atoms with Crippen molar-refractivity contribution < 1.29 is 19.4 Å². The van der Waals surface area contributed by atoms with Gasteiger partial charge in [-0.1, -0.05) is 6.07 Å². The van der Waals surface area contributed by atoms with Gasteiger partial charge in [0.15, 0.2) is 0 Å². The standard InChI is InChI=1S/C23H28N4O4/c1-23(2,30)21(28)26-11-9-20(15-26)31-19-7-5-18(6-8-19)25-22(29)27-13-17(14-27)16-4-3-10-24-12-16/h3-8,10,12,17,20,30H,9,11,13-15H2,1-2H3,(H,25,29). The Kier molecular flexibility index (Phi) is 5.82. The van der Waals surface area contributed by atoms with Crippen molar-refractivity contribution in [3.8, 4) is 5.75 Å². The lowest BCUT2D eigenvalue weighted by Crippen LogP contribution is -2.50. The van der Waals surface area contributed by atoms with Crippen LogP contribution in [0.3, 0.4) is 0 Å². The average molecular weight is 425 g/mol. The molecule has 2 fully saturated rings. The van der Waals surface area contributed by atoms with Crippen LogP contribution in [-0.2, 0) is 4.79 Å². The Morgan fingerprint density at radius 1 is 1.13 bits per heavy atom. The van der Waals surface area contributed by atoms with Gasteiger partial charge in [-0.05, 0) is 49.7 Å². The number of nitrogens with zero attached hydrogens (tertiary/aromatic N) is 3. The van der Waals surface area contributed by atoms with Crippen molar-refractivity contribution in [2.45, 2.75) is 37.9 Å². The number of rotatable bonds is 5. The first-order valence-electron chi connectivity index (χ1n) is 10.5. The quantitative estimate of drug-likeness (QED) is 0.769. The van der Waals surface area contributed by atoms with Gasteiger partial charge in [-0.15, -0.1) is 0 Å². The molecule has 1 unspecified atom stereocenters. The van der Waals surface area contributed by atoms with Crippen molar-refractivity contribution in [2.24, 2.45) is 0 Å². The van der Waals surface area contributed by atoms with Gasteiger partial charge in [0, 0.05) is 50.1 Å². The molecule has 0 spiro atoms. The zero-order chi connectivity index (χ0) is 22.0. The SMILES string of the molecule is CC(C)(O)C(=O)N1CCC(Oc2ccc(NC(=O)N3CC(c4cccnc4)C3)cc2)C1. The summed E-state index contributed by atoms with van der Waals surface area (Å²) in [6.45, 7) is 5.37. The van der Waals surface area contributed by atoms with Gasteiger partial charge in [0.1, 0.15) is 17.5 Å². The van der Waals surface area contributed by atoms with Crippen LogP contribution in [0.2, 0.25) is 0 Å². The van der Waals surface area contributed by atoms with Crippen LogP contribution in [0.4, 0.5) is 10.5 Å². The molecule has 0 bridgehead atoms. The van der Waals surface area contributed by atoms with Crippen molar-refractivity contribution in [3.05, 3.63) is 54.4 Å². The summed E-state index contributed by atoms with van der Waals surface area (Å²) in [5, 5.41) is 12.8. The third-order valence-corrected chi connectivity index (χ3v) is 5.69. The van der Waals surface area contributed by atoms with E-state index in [0.29, 0.717) is 50.0 Å². The molecule has 1 aromatic heterocycles. The summed E-state index contributed by atoms with van der Waals surface area (Å²) >= 11 is 0. The zero-order valence-electron chi connectivity index (χ0n) is 17.8. The number of hydrogen-bond donors (Lipinski definition) is 2. The van der Waals surface area contributed by atoms with E-state index in [1.54, 1.807) is 28.1 Å². The number of pyridine rings is 1. The van der Waals surface area contributed by atoms with Crippen LogP contribution in [0.1, 0.15) is 31.7 Å². The summed E-state index contributed by atoms with van der Waals surface area (Å²) in [5.74, 6) is 0.735. The predicted molar refractivity (Wildman–Crippen MR) is 116 cm³/mol. The lowest BCUT2D eigenvalue weighted by Gasteiger charge is -2.39. The summed E-state index contributed by atoms with van der Waals surface area (Å²) in [5.41, 5.74) is 0.485. The number of anilines is 1. The molecule has 164 valence electrons. The number of hydrogen-bond acceptors (Lipinski definition) is 5. The van der Waals surface area contributed by atoms with Gasteiger partial charge in [0.2, 0.25) is 0 Å². The second-order valence-electron chi connectivity index (χ2n) is 8.68. The van der Waals surface area contributed by atoms with Crippen LogP contribution in [-0.4, -0.2) is 69.7 Å². The first-order valence-corrected chi connectivity index (χ1v) is 10.5. The molecule has 2 N–H and O–H groups in total. The molecule has 2 aromatic rings. The maximum Gasteiger partial charge on any atom is 0.321 e. The number of ether oxygens (including phenoxy) is 1. The third-order valence-electron chi connectivity index (χ3n) is 5.69. The number of urea groups is 1. The van der Waals surface area contributed by atoms with E-state index in [0.717, 1.165) is 5.56 Å². The fourth-order valence-electron chi connectivity index (χ4n) is 3.88. The van der Waals surface area contributed by atoms with Crippen LogP contribution >= 0.6 is 0 Å². The van der Waals surface area contributed by atoms with Crippen molar-refractivity contribution in [1.82, 2.24) is 14.8 Å². The predicted octanol–water partition coefficient (Wildman–Crippen LogP) is 2.46. The molecule has 1 aromatic carbocycles. The molecule has 4 rings (SSSR count). The molecule has 0 radical (unpaired) electrons. The number of aliphatic hydroxyl groups is 1. The number of carbonyl (C=O) groups is 2. The lowest BCUT2D eigenvalue weighted by molar-refractivity contribution is -0.146. The summed E-state index contributed by atoms with van der Waals surface area (Å²) in [6.07, 6.45) is 4.20. The Morgan fingerprint density at radius 2 is 1.87 bits per heavy atom. The Labute approximate surface area is 181 Å². The fourth-order valence-corrected chi connectivity index (χ4v) is 3.88. The van der Waals surface area contributed by atoms with E-state index < -0.39 is 5.60 Å². The maximum atomic E-state index is 12.4. The Balaban J connectivity index is 1.24. The number of nitrogens with one attached hydrogen (secondary N) is 1. The van der Waals surface area contributed by atoms with E-state index in [-0.39, 0.29) is 18.0 Å². The number of likely N-dealkylation sites (tertiary alicyclic amines) is 2. The van der Waals surface area contributed by atoms with E-state index in [1.807, 2.05) is 30.5 Å². The molecule has 8 nitrogen and oxygen atoms in total. The van der Waals surface area contributed by atoms with E-state index >= 15 is 0 Å². The molecule has 31 heavy (non-hydrogen) atoms. The Bertz CT molecular complexity index is 921. The number of aromatic nitrogens is 1. The molecule has 2 aliphatic heterocycles. The Hall–Kier alpha value is -3.13. The van der Waals surface area contributed by atoms with Crippen LogP contribution in [0.5, 0.6) is 5.75 Å². The van der Waals surface area contributed by atoms with E-state index in [9.17, 15) is 14.7 Å². The summed E-state index contributed by atoms with van der Waals surface area (Å²) < 4.78 is 5.97. The summed E-state index contributed by atoms with van der Waals surface area (Å²) in [7, 11) is 0. The highest BCUT2D eigenvalue weighted by Gasteiger charge is 2.35. The number of benzene rings is 1. The van der Waals surface area contributed by atoms with E-state index in [4.69, 9.17) is 4.74 Å². The molecule has 3 heterocycles. The second kappa shape index (κ2) is 8.55. The second-order valence-corrected chi connectivity index (χ2v) is 8.68. The minimum Gasteiger partial charge on any atom is -0.489 e. The number of amides is 3. The lowest BCUT2D eigenvalue weighted by atomic mass is 9.93. The van der Waals surface area contributed by atoms with Crippen LogP contribution in [0.15, 0.2) is 48.8 Å². The van der Waals surface area contributed by atoms with E-state index in [1.165, 1.54) is 13.8 Å². The van der Waals surface area contributed by atoms with Gasteiger partial charge < -0.3 is 25.0 Å². The largest absolute Gasteiger partial charge is 0.489 e. The minimum absolute atomic E-state index is 0.114. The number of carbonyl (C=O) groups excluding carboxylic acids is 2. The van der Waals surface area contributed by atoms with Gasteiger partial charge in [-0.3, -0.25) is 9.78 Å². The normalized spacial score (nSPS) is 19.1. The monoisotopic (exact) mass is 424 g/mol. The maximum absolute atomic E-state index is 12.4. The van der Waals surface area contributed by atoms with Crippen molar-refractivity contribution in [2.75, 3.05) is 31.5 Å². The Morgan fingerprint density at radius 3 is 2.52 bits per heavy atom. The first kappa shape index (κ1) is 21.1. The van der Waals surface area contributed by atoms with Gasteiger partial charge >= 0.3 is 6.03 Å². The highest BCUT2D eigenvalue weighted by molar-refractivity contribution is 5.90. The molecule has 8 heteroatoms. The van der Waals surface area contributed by atoms with Gasteiger partial charge in [-0.2, -0.15) is 0 Å². The smallest absolute Gasteiger partial charge is 0.321 e. The van der Waals surface area contributed by atoms with Crippen molar-refractivity contribution in [1.29, 1.82) is 0 Å². The molecular weight excluding hydrogens is 396 g/mol. The molecule has 2 saturated heterocycles. The highest BCUT2D eigenvalue weighted by atomic mass is 16.5. The van der Waals surface area contributed by atoms with Gasteiger partial charge in [0.25, 0.3) is 5.91 Å². The van der Waals surface area contributed by atoms with Gasteiger partial charge in [-0.25, -0.2) is 4.79 Å². The average Bonchev–Trinajstić information content (AvgIpc) is 3.16. The molecule has 2 aliphatic rings. The van der Waals surface area contributed by atoms with Gasteiger partial charge in [0.05, 0.1) is 6.54 Å². The highest BCUT2D eigenvalue weighted by Crippen LogP contribution is 2.27. The van der Waals surface area contributed by atoms with Crippen LogP contribution in [0, 0.1) is 0 Å². The third kappa shape index (κ3) is 4.96. The molecule has 0 saturated carbocycles. The molecule has 1 atom stereocenters. The summed E-state index contributed by atoms with van der Waals surface area (Å²) in [4.78, 5) is 32.1. The minimum atomic E-state index is -1.37. The van der Waals surface area contributed by atoms with E-state index in [2.05, 4.69) is 10.3 Å². The summed E-state index contributed by atoms with van der Waals surface area (Å²) in [6, 6.07) is 11.1. The van der Waals surface area contributed by atoms with Crippen LogP contribution in [0.25, 0.3) is 0 Å². The molecule has 0 aliphatic carbocycles. The van der Waals surface area contributed by atoms with Crippen molar-refractivity contribution in [3.63, 3.8) is 0 Å². The molecular formula is C23H28N4O4. The fraction of sp³-hybridized carbons (Fsp3) is 0.435. The zero-order valence-corrected chi connectivity index (χ0v) is 17.8. The van der Waals surface area contributed by atoms with Crippen molar-refractivity contribution >= 4 is 17.6 Å².